The van der Waals surface area contributed by atoms with Crippen LogP contribution in [0.5, 0.6) is 0 Å². The van der Waals surface area contributed by atoms with E-state index in [4.69, 9.17) is 0 Å². The molecule has 0 amide bonds. The normalized spacial score (nSPS) is 12.0. The van der Waals surface area contributed by atoms with Crippen LogP contribution in [0.25, 0.3) is 0 Å². The number of carbonyl (C=O) groups excluding carboxylic acids is 1. The summed E-state index contributed by atoms with van der Waals surface area (Å²) in [6.45, 7) is 0.512. The van der Waals surface area contributed by atoms with Crippen molar-refractivity contribution >= 4 is 17.7 Å². The van der Waals surface area contributed by atoms with Crippen LogP contribution in [0, 0.1) is 10.1 Å². The first kappa shape index (κ1) is 16.6. The average Bonchev–Trinajstić information content (AvgIpc) is 2.55. The highest BCUT2D eigenvalue weighted by molar-refractivity contribution is 5.79. The molecule has 1 N–H and O–H groups in total. The molecule has 23 heavy (non-hydrogen) atoms. The Labute approximate surface area is 134 Å². The minimum atomic E-state index is -0.484. The summed E-state index contributed by atoms with van der Waals surface area (Å²) in [4.78, 5) is 23.5. The van der Waals surface area contributed by atoms with Crippen molar-refractivity contribution in [3.8, 4) is 0 Å². The summed E-state index contributed by atoms with van der Waals surface area (Å²) in [5, 5.41) is 14.3. The van der Waals surface area contributed by atoms with Gasteiger partial charge in [-0.2, -0.15) is 0 Å². The van der Waals surface area contributed by atoms with Crippen LogP contribution in [0.1, 0.15) is 22.0 Å². The molecule has 0 aromatic heterocycles. The highest BCUT2D eigenvalue weighted by Gasteiger charge is 2.18. The molecule has 0 heterocycles. The summed E-state index contributed by atoms with van der Waals surface area (Å²) in [5.41, 5.74) is 1.72. The molecule has 0 saturated carbocycles. The van der Waals surface area contributed by atoms with E-state index in [1.165, 1.54) is 6.07 Å². The monoisotopic (exact) mass is 313 g/mol. The number of nitrogens with one attached hydrogen (secondary N) is 1. The zero-order valence-corrected chi connectivity index (χ0v) is 13.1. The number of aldehydes is 1. The lowest BCUT2D eigenvalue weighted by molar-refractivity contribution is -0.384. The van der Waals surface area contributed by atoms with E-state index in [2.05, 4.69) is 5.32 Å². The predicted octanol–water partition coefficient (Wildman–Crippen LogP) is 3.12. The first-order valence-corrected chi connectivity index (χ1v) is 7.21. The molecule has 0 aliphatic carbocycles. The Kier molecular flexibility index (Phi) is 5.43. The summed E-state index contributed by atoms with van der Waals surface area (Å²) in [6.07, 6.45) is 0.601. The van der Waals surface area contributed by atoms with Gasteiger partial charge in [-0.3, -0.25) is 14.9 Å². The molecule has 0 saturated heterocycles. The van der Waals surface area contributed by atoms with Crippen molar-refractivity contribution in [1.82, 2.24) is 4.90 Å². The van der Waals surface area contributed by atoms with E-state index < -0.39 is 4.92 Å². The molecule has 0 bridgehead atoms. The predicted molar refractivity (Wildman–Crippen MR) is 89.8 cm³/mol. The first-order valence-electron chi connectivity index (χ1n) is 7.21. The second-order valence-corrected chi connectivity index (χ2v) is 5.42. The van der Waals surface area contributed by atoms with Crippen LogP contribution in [0.15, 0.2) is 48.5 Å². The van der Waals surface area contributed by atoms with Crippen LogP contribution in [-0.4, -0.2) is 36.7 Å². The molecular formula is C17H19N3O3. The van der Waals surface area contributed by atoms with Gasteiger partial charge in [0.15, 0.2) is 0 Å². The highest BCUT2D eigenvalue weighted by Crippen LogP contribution is 2.27. The van der Waals surface area contributed by atoms with Crippen molar-refractivity contribution in [3.05, 3.63) is 69.8 Å². The van der Waals surface area contributed by atoms with Crippen LogP contribution in [0.2, 0.25) is 0 Å². The number of anilines is 1. The molecule has 2 aromatic carbocycles. The topological polar surface area (TPSA) is 75.5 Å². The van der Waals surface area contributed by atoms with Crippen LogP contribution in [-0.2, 0) is 0 Å². The highest BCUT2D eigenvalue weighted by atomic mass is 16.6. The van der Waals surface area contributed by atoms with Crippen molar-refractivity contribution in [2.45, 2.75) is 6.04 Å². The number of nitro benzene ring substituents is 1. The van der Waals surface area contributed by atoms with Gasteiger partial charge < -0.3 is 10.2 Å². The number of nitrogens with zero attached hydrogens (tertiary/aromatic N) is 2. The molecule has 120 valence electrons. The van der Waals surface area contributed by atoms with E-state index in [0.717, 1.165) is 5.56 Å². The number of benzene rings is 2. The molecule has 6 heteroatoms. The van der Waals surface area contributed by atoms with Gasteiger partial charge in [0.05, 0.1) is 11.0 Å². The number of rotatable bonds is 7. The summed E-state index contributed by atoms with van der Waals surface area (Å²) in [6, 6.07) is 14.4. The van der Waals surface area contributed by atoms with E-state index in [1.807, 2.05) is 49.3 Å². The maximum absolute atomic E-state index is 11.2. The lowest BCUT2D eigenvalue weighted by Crippen LogP contribution is -2.27. The van der Waals surface area contributed by atoms with Crippen molar-refractivity contribution in [3.63, 3.8) is 0 Å². The molecule has 0 spiro atoms. The van der Waals surface area contributed by atoms with Crippen molar-refractivity contribution < 1.29 is 9.72 Å². The van der Waals surface area contributed by atoms with E-state index in [0.29, 0.717) is 18.5 Å². The zero-order chi connectivity index (χ0) is 16.8. The molecule has 0 aliphatic heterocycles. The molecule has 0 fully saturated rings. The van der Waals surface area contributed by atoms with Gasteiger partial charge >= 0.3 is 0 Å². The van der Waals surface area contributed by atoms with E-state index in [-0.39, 0.29) is 17.3 Å². The number of likely N-dealkylation sites (N-methyl/N-ethyl adjacent to an activating group) is 1. The lowest BCUT2D eigenvalue weighted by Gasteiger charge is -2.25. The third-order valence-electron chi connectivity index (χ3n) is 3.65. The van der Waals surface area contributed by atoms with Gasteiger partial charge in [0.25, 0.3) is 5.69 Å². The maximum Gasteiger partial charge on any atom is 0.293 e. The third-order valence-corrected chi connectivity index (χ3v) is 3.65. The second-order valence-electron chi connectivity index (χ2n) is 5.42. The number of hydrogen-bond acceptors (Lipinski definition) is 5. The van der Waals surface area contributed by atoms with E-state index >= 15 is 0 Å². The standard InChI is InChI=1S/C17H19N3O3/c1-19(2)17(14-6-4-3-5-7-14)11-18-15-9-8-13(12-21)10-16(15)20(22)23/h3-10,12,17-18H,11H2,1-2H3/t17-/m1/s1. The summed E-state index contributed by atoms with van der Waals surface area (Å²) < 4.78 is 0. The Morgan fingerprint density at radius 3 is 2.48 bits per heavy atom. The minimum absolute atomic E-state index is 0.0709. The fourth-order valence-corrected chi connectivity index (χ4v) is 2.40. The van der Waals surface area contributed by atoms with Gasteiger partial charge in [-0.15, -0.1) is 0 Å². The van der Waals surface area contributed by atoms with Gasteiger partial charge in [0, 0.05) is 18.2 Å². The molecule has 1 atom stereocenters. The lowest BCUT2D eigenvalue weighted by atomic mass is 10.1. The molecule has 6 nitrogen and oxygen atoms in total. The zero-order valence-electron chi connectivity index (χ0n) is 13.1. The van der Waals surface area contributed by atoms with Crippen LogP contribution >= 0.6 is 0 Å². The Morgan fingerprint density at radius 2 is 1.91 bits per heavy atom. The smallest absolute Gasteiger partial charge is 0.293 e. The minimum Gasteiger partial charge on any atom is -0.378 e. The van der Waals surface area contributed by atoms with Crippen LogP contribution in [0.3, 0.4) is 0 Å². The van der Waals surface area contributed by atoms with Gasteiger partial charge in [0.2, 0.25) is 0 Å². The number of nitro groups is 1. The molecule has 0 aliphatic rings. The molecule has 2 rings (SSSR count). The largest absolute Gasteiger partial charge is 0.378 e. The molecule has 0 unspecified atom stereocenters. The Morgan fingerprint density at radius 1 is 1.22 bits per heavy atom. The SMILES string of the molecule is CN(C)[C@H](CNc1ccc(C=O)cc1[N+](=O)[O-])c1ccccc1. The molecule has 2 aromatic rings. The van der Waals surface area contributed by atoms with Crippen molar-refractivity contribution in [2.75, 3.05) is 26.0 Å². The quantitative estimate of drug-likeness (QED) is 0.483. The molecular weight excluding hydrogens is 294 g/mol. The summed E-state index contributed by atoms with van der Waals surface area (Å²) >= 11 is 0. The molecule has 0 radical (unpaired) electrons. The summed E-state index contributed by atoms with van der Waals surface area (Å²) in [7, 11) is 3.92. The Bertz CT molecular complexity index is 687. The Hall–Kier alpha value is -2.73. The van der Waals surface area contributed by atoms with Crippen molar-refractivity contribution in [1.29, 1.82) is 0 Å². The number of carbonyl (C=O) groups is 1. The van der Waals surface area contributed by atoms with Crippen molar-refractivity contribution in [2.24, 2.45) is 0 Å². The van der Waals surface area contributed by atoms with E-state index in [1.54, 1.807) is 12.1 Å². The average molecular weight is 313 g/mol. The summed E-state index contributed by atoms with van der Waals surface area (Å²) in [5.74, 6) is 0. The second kappa shape index (κ2) is 7.51. The third kappa shape index (κ3) is 4.14. The van der Waals surface area contributed by atoms with E-state index in [9.17, 15) is 14.9 Å². The van der Waals surface area contributed by atoms with Crippen LogP contribution < -0.4 is 5.32 Å². The fourth-order valence-electron chi connectivity index (χ4n) is 2.40. The van der Waals surface area contributed by atoms with Gasteiger partial charge in [0.1, 0.15) is 12.0 Å². The number of hydrogen-bond donors (Lipinski definition) is 1. The van der Waals surface area contributed by atoms with Gasteiger partial charge in [-0.05, 0) is 31.8 Å². The first-order chi connectivity index (χ1) is 11.0. The van der Waals surface area contributed by atoms with Gasteiger partial charge in [-0.1, -0.05) is 30.3 Å². The fraction of sp³-hybridized carbons (Fsp3) is 0.235. The Balaban J connectivity index is 2.21. The van der Waals surface area contributed by atoms with Crippen LogP contribution in [0.4, 0.5) is 11.4 Å². The van der Waals surface area contributed by atoms with Gasteiger partial charge in [-0.25, -0.2) is 0 Å². The maximum atomic E-state index is 11.2.